The molecule has 3 aromatic rings. The number of anilines is 5. The van der Waals surface area contributed by atoms with E-state index < -0.39 is 11.6 Å². The molecule has 0 unspecified atom stereocenters. The number of rotatable bonds is 5. The molecular weight excluding hydrogens is 488 g/mol. The summed E-state index contributed by atoms with van der Waals surface area (Å²) in [5.41, 5.74) is 4.85. The largest absolute Gasteiger partial charge is 0.378 e. The summed E-state index contributed by atoms with van der Waals surface area (Å²) >= 11 is 0. The molecule has 0 bridgehead atoms. The van der Waals surface area contributed by atoms with Crippen molar-refractivity contribution in [1.29, 1.82) is 0 Å². The molecular formula is C29H35F2N5O2. The van der Waals surface area contributed by atoms with E-state index in [0.29, 0.717) is 43.0 Å². The van der Waals surface area contributed by atoms with E-state index in [9.17, 15) is 4.39 Å². The SMILES string of the molecule is Cc1c(N2CCCCC2)nc2cc(F)cc(F)c2c1Nc1cc(N2CCOCC2)ccc1N1CCOCC1. The number of pyridine rings is 1. The number of benzene rings is 2. The van der Waals surface area contributed by atoms with E-state index in [-0.39, 0.29) is 0 Å². The van der Waals surface area contributed by atoms with Crippen LogP contribution in [0.15, 0.2) is 30.3 Å². The third kappa shape index (κ3) is 4.97. The van der Waals surface area contributed by atoms with Crippen LogP contribution in [-0.4, -0.2) is 70.7 Å². The molecule has 3 fully saturated rings. The van der Waals surface area contributed by atoms with Gasteiger partial charge in [0.1, 0.15) is 17.5 Å². The zero-order valence-electron chi connectivity index (χ0n) is 21.9. The molecule has 7 nitrogen and oxygen atoms in total. The lowest BCUT2D eigenvalue weighted by molar-refractivity contribution is 0.122. The topological polar surface area (TPSA) is 53.1 Å². The average molecular weight is 524 g/mol. The molecule has 2 aromatic carbocycles. The summed E-state index contributed by atoms with van der Waals surface area (Å²) in [4.78, 5) is 11.6. The lowest BCUT2D eigenvalue weighted by Crippen LogP contribution is -2.37. The molecule has 3 aliphatic heterocycles. The molecule has 3 aliphatic rings. The standard InChI is InChI=1S/C29H35F2N5O2/c1-20-28(27-23(31)17-21(30)18-25(27)33-29(20)36-7-3-2-4-8-36)32-24-19-22(34-9-13-37-14-10-34)5-6-26(24)35-11-15-38-16-12-35/h5-6,17-19H,2-4,7-16H2,1H3,(H,32,33). The quantitative estimate of drug-likeness (QED) is 0.492. The van der Waals surface area contributed by atoms with Crippen molar-refractivity contribution in [3.05, 3.63) is 47.5 Å². The number of morpholine rings is 2. The van der Waals surface area contributed by atoms with Crippen LogP contribution in [-0.2, 0) is 9.47 Å². The van der Waals surface area contributed by atoms with E-state index in [2.05, 4.69) is 38.2 Å². The van der Waals surface area contributed by atoms with E-state index >= 15 is 4.39 Å². The van der Waals surface area contributed by atoms with Crippen LogP contribution in [0.5, 0.6) is 0 Å². The Hall–Kier alpha value is -3.17. The third-order valence-corrected chi connectivity index (χ3v) is 7.84. The Balaban J connectivity index is 1.49. The molecule has 0 amide bonds. The zero-order chi connectivity index (χ0) is 26.1. The normalized spacial score (nSPS) is 18.8. The minimum Gasteiger partial charge on any atom is -0.378 e. The second kappa shape index (κ2) is 10.9. The molecule has 38 heavy (non-hydrogen) atoms. The van der Waals surface area contributed by atoms with Crippen LogP contribution in [0.25, 0.3) is 10.9 Å². The fraction of sp³-hybridized carbons (Fsp3) is 0.483. The minimum absolute atomic E-state index is 0.314. The van der Waals surface area contributed by atoms with Crippen LogP contribution in [0, 0.1) is 18.6 Å². The van der Waals surface area contributed by atoms with Gasteiger partial charge in [0.2, 0.25) is 0 Å². The van der Waals surface area contributed by atoms with Gasteiger partial charge in [-0.2, -0.15) is 0 Å². The lowest BCUT2D eigenvalue weighted by atomic mass is 10.0. The van der Waals surface area contributed by atoms with Crippen molar-refractivity contribution in [3.63, 3.8) is 0 Å². The number of ether oxygens (including phenoxy) is 2. The van der Waals surface area contributed by atoms with Gasteiger partial charge in [-0.25, -0.2) is 13.8 Å². The Kier molecular flexibility index (Phi) is 7.21. The number of hydrogen-bond donors (Lipinski definition) is 1. The summed E-state index contributed by atoms with van der Waals surface area (Å²) in [6.07, 6.45) is 3.36. The van der Waals surface area contributed by atoms with Gasteiger partial charge in [-0.3, -0.25) is 0 Å². The molecule has 4 heterocycles. The first-order chi connectivity index (χ1) is 18.6. The first-order valence-corrected chi connectivity index (χ1v) is 13.7. The van der Waals surface area contributed by atoms with Crippen molar-refractivity contribution < 1.29 is 18.3 Å². The van der Waals surface area contributed by atoms with Gasteiger partial charge in [-0.15, -0.1) is 0 Å². The van der Waals surface area contributed by atoms with Crippen LogP contribution in [0.1, 0.15) is 24.8 Å². The molecule has 202 valence electrons. The van der Waals surface area contributed by atoms with Crippen LogP contribution in [0.4, 0.5) is 37.3 Å². The second-order valence-corrected chi connectivity index (χ2v) is 10.3. The van der Waals surface area contributed by atoms with Crippen LogP contribution in [0.2, 0.25) is 0 Å². The molecule has 0 saturated carbocycles. The number of nitrogens with one attached hydrogen (secondary N) is 1. The Bertz CT molecular complexity index is 1300. The Labute approximate surface area is 222 Å². The minimum atomic E-state index is -0.620. The number of nitrogens with zero attached hydrogens (tertiary/aromatic N) is 4. The summed E-state index contributed by atoms with van der Waals surface area (Å²) in [5, 5.41) is 3.95. The highest BCUT2D eigenvalue weighted by atomic mass is 19.1. The fourth-order valence-corrected chi connectivity index (χ4v) is 5.82. The second-order valence-electron chi connectivity index (χ2n) is 10.3. The van der Waals surface area contributed by atoms with E-state index in [0.717, 1.165) is 86.6 Å². The van der Waals surface area contributed by atoms with Crippen molar-refractivity contribution >= 4 is 39.5 Å². The number of aromatic nitrogens is 1. The number of hydrogen-bond acceptors (Lipinski definition) is 7. The molecule has 0 atom stereocenters. The molecule has 0 spiro atoms. The molecule has 3 saturated heterocycles. The van der Waals surface area contributed by atoms with Gasteiger partial charge >= 0.3 is 0 Å². The maximum absolute atomic E-state index is 15.4. The summed E-state index contributed by atoms with van der Waals surface area (Å²) in [6.45, 7) is 9.67. The predicted molar refractivity (Wildman–Crippen MR) is 148 cm³/mol. The maximum atomic E-state index is 15.4. The summed E-state index contributed by atoms with van der Waals surface area (Å²) in [5.74, 6) is -0.437. The molecule has 0 radical (unpaired) electrons. The molecule has 6 rings (SSSR count). The van der Waals surface area contributed by atoms with E-state index in [1.165, 1.54) is 12.5 Å². The van der Waals surface area contributed by atoms with E-state index in [4.69, 9.17) is 14.5 Å². The first kappa shape index (κ1) is 25.1. The van der Waals surface area contributed by atoms with E-state index in [1.807, 2.05) is 6.92 Å². The Morgan fingerprint density at radius 3 is 2.18 bits per heavy atom. The lowest BCUT2D eigenvalue weighted by Gasteiger charge is -2.34. The van der Waals surface area contributed by atoms with Crippen molar-refractivity contribution in [2.45, 2.75) is 26.2 Å². The van der Waals surface area contributed by atoms with Gasteiger partial charge in [-0.05, 0) is 44.4 Å². The van der Waals surface area contributed by atoms with Crippen LogP contribution < -0.4 is 20.0 Å². The monoisotopic (exact) mass is 523 g/mol. The van der Waals surface area contributed by atoms with Crippen LogP contribution >= 0.6 is 0 Å². The highest BCUT2D eigenvalue weighted by Crippen LogP contribution is 2.40. The molecule has 1 N–H and O–H groups in total. The average Bonchev–Trinajstić information content (AvgIpc) is 2.95. The molecule has 1 aromatic heterocycles. The van der Waals surface area contributed by atoms with Crippen molar-refractivity contribution in [2.75, 3.05) is 85.7 Å². The summed E-state index contributed by atoms with van der Waals surface area (Å²) in [6, 6.07) is 8.71. The predicted octanol–water partition coefficient (Wildman–Crippen LogP) is 5.23. The Morgan fingerprint density at radius 2 is 1.47 bits per heavy atom. The zero-order valence-corrected chi connectivity index (χ0v) is 21.9. The smallest absolute Gasteiger partial charge is 0.137 e. The van der Waals surface area contributed by atoms with Crippen molar-refractivity contribution in [2.24, 2.45) is 0 Å². The Morgan fingerprint density at radius 1 is 0.789 bits per heavy atom. The van der Waals surface area contributed by atoms with Gasteiger partial charge < -0.3 is 29.5 Å². The highest BCUT2D eigenvalue weighted by Gasteiger charge is 2.24. The van der Waals surface area contributed by atoms with Gasteiger partial charge in [0.15, 0.2) is 0 Å². The molecule has 0 aliphatic carbocycles. The summed E-state index contributed by atoms with van der Waals surface area (Å²) in [7, 11) is 0. The van der Waals surface area contributed by atoms with Crippen molar-refractivity contribution in [1.82, 2.24) is 4.98 Å². The fourth-order valence-electron chi connectivity index (χ4n) is 5.82. The van der Waals surface area contributed by atoms with Gasteiger partial charge in [0.25, 0.3) is 0 Å². The van der Waals surface area contributed by atoms with Gasteiger partial charge in [0, 0.05) is 62.7 Å². The first-order valence-electron chi connectivity index (χ1n) is 13.7. The van der Waals surface area contributed by atoms with Crippen molar-refractivity contribution in [3.8, 4) is 0 Å². The number of fused-ring (bicyclic) bond motifs is 1. The van der Waals surface area contributed by atoms with Gasteiger partial charge in [-0.1, -0.05) is 0 Å². The van der Waals surface area contributed by atoms with Gasteiger partial charge in [0.05, 0.1) is 54.4 Å². The number of halogens is 2. The number of piperidine rings is 1. The van der Waals surface area contributed by atoms with Crippen LogP contribution in [0.3, 0.4) is 0 Å². The highest BCUT2D eigenvalue weighted by molar-refractivity contribution is 5.99. The van der Waals surface area contributed by atoms with E-state index in [1.54, 1.807) is 0 Å². The molecule has 9 heteroatoms. The third-order valence-electron chi connectivity index (χ3n) is 7.84. The maximum Gasteiger partial charge on any atom is 0.137 e. The summed E-state index contributed by atoms with van der Waals surface area (Å²) < 4.78 is 40.9.